The standard InChI is InChI=1S/C20H24BrN3O/c1-4-24(5-2)20(25)12-9-14-13-7-6-8-16-18(13)15(19(21)22-16)10-17(14)23(3)11-12/h6-9,14,17,22H,4-5,10-11H2,1-3H3/t14?,17-/m1/s1. The lowest BCUT2D eigenvalue weighted by molar-refractivity contribution is -0.127. The first-order valence-electron chi connectivity index (χ1n) is 9.04. The van der Waals surface area contributed by atoms with E-state index in [1.165, 1.54) is 22.0 Å². The Hall–Kier alpha value is -1.59. The van der Waals surface area contributed by atoms with E-state index in [1.54, 1.807) is 0 Å². The molecule has 0 saturated carbocycles. The van der Waals surface area contributed by atoms with Gasteiger partial charge in [0.2, 0.25) is 0 Å². The Morgan fingerprint density at radius 3 is 2.84 bits per heavy atom. The van der Waals surface area contributed by atoms with Crippen LogP contribution in [0, 0.1) is 0 Å². The van der Waals surface area contributed by atoms with Crippen LogP contribution in [-0.4, -0.2) is 53.4 Å². The number of nitrogens with zero attached hydrogens (tertiary/aromatic N) is 2. The molecule has 2 aliphatic rings. The van der Waals surface area contributed by atoms with Crippen molar-refractivity contribution in [3.63, 3.8) is 0 Å². The van der Waals surface area contributed by atoms with Gasteiger partial charge in [0.25, 0.3) is 5.91 Å². The third kappa shape index (κ3) is 2.56. The molecule has 4 nitrogen and oxygen atoms in total. The molecule has 1 aliphatic heterocycles. The molecule has 4 rings (SSSR count). The minimum atomic E-state index is 0.184. The van der Waals surface area contributed by atoms with Crippen molar-refractivity contribution in [1.29, 1.82) is 0 Å². The van der Waals surface area contributed by atoms with Crippen LogP contribution >= 0.6 is 15.9 Å². The molecule has 0 saturated heterocycles. The van der Waals surface area contributed by atoms with Gasteiger partial charge in [-0.05, 0) is 60.4 Å². The molecule has 5 heteroatoms. The highest BCUT2D eigenvalue weighted by Gasteiger charge is 2.38. The minimum absolute atomic E-state index is 0.184. The molecule has 2 aromatic rings. The normalized spacial score (nSPS) is 22.6. The van der Waals surface area contributed by atoms with Crippen molar-refractivity contribution in [2.75, 3.05) is 26.7 Å². The molecular formula is C20H24BrN3O. The van der Waals surface area contributed by atoms with E-state index >= 15 is 0 Å². The SMILES string of the molecule is CCN(CC)C(=O)C1=CC2c3cccc4[nH]c(Br)c(c34)C[C@H]2N(C)C1. The number of benzene rings is 1. The molecule has 0 fully saturated rings. The van der Waals surface area contributed by atoms with Gasteiger partial charge in [-0.2, -0.15) is 0 Å². The van der Waals surface area contributed by atoms with E-state index in [1.807, 2.05) is 18.7 Å². The number of carbonyl (C=O) groups is 1. The minimum Gasteiger partial charge on any atom is -0.349 e. The lowest BCUT2D eigenvalue weighted by Crippen LogP contribution is -2.46. The van der Waals surface area contributed by atoms with E-state index in [4.69, 9.17) is 0 Å². The average Bonchev–Trinajstić information content (AvgIpc) is 2.93. The van der Waals surface area contributed by atoms with E-state index < -0.39 is 0 Å². The van der Waals surface area contributed by atoms with E-state index in [9.17, 15) is 4.79 Å². The number of hydrogen-bond donors (Lipinski definition) is 1. The second-order valence-electron chi connectivity index (χ2n) is 7.07. The zero-order chi connectivity index (χ0) is 17.7. The Kier molecular flexibility index (Phi) is 4.24. The maximum absolute atomic E-state index is 12.9. The first kappa shape index (κ1) is 16.9. The van der Waals surface area contributed by atoms with Crippen LogP contribution in [0.2, 0.25) is 0 Å². The van der Waals surface area contributed by atoms with Gasteiger partial charge >= 0.3 is 0 Å². The summed E-state index contributed by atoms with van der Waals surface area (Å²) in [4.78, 5) is 20.6. The van der Waals surface area contributed by atoms with Crippen molar-refractivity contribution in [2.45, 2.75) is 32.2 Å². The van der Waals surface area contributed by atoms with Gasteiger partial charge in [-0.1, -0.05) is 18.2 Å². The third-order valence-electron chi connectivity index (χ3n) is 5.79. The van der Waals surface area contributed by atoms with Gasteiger partial charge in [0.15, 0.2) is 0 Å². The van der Waals surface area contributed by atoms with Gasteiger partial charge in [0.1, 0.15) is 0 Å². The van der Waals surface area contributed by atoms with E-state index in [0.29, 0.717) is 6.04 Å². The van der Waals surface area contributed by atoms with Crippen LogP contribution in [0.4, 0.5) is 0 Å². The average molecular weight is 402 g/mol. The fraction of sp³-hybridized carbons (Fsp3) is 0.450. The maximum Gasteiger partial charge on any atom is 0.250 e. The summed E-state index contributed by atoms with van der Waals surface area (Å²) in [5, 5.41) is 1.33. The summed E-state index contributed by atoms with van der Waals surface area (Å²) < 4.78 is 1.09. The van der Waals surface area contributed by atoms with E-state index in [2.05, 4.69) is 57.1 Å². The summed E-state index contributed by atoms with van der Waals surface area (Å²) in [6.45, 7) is 6.33. The van der Waals surface area contributed by atoms with Gasteiger partial charge in [-0.25, -0.2) is 0 Å². The van der Waals surface area contributed by atoms with Crippen LogP contribution in [0.25, 0.3) is 10.9 Å². The molecular weight excluding hydrogens is 378 g/mol. The maximum atomic E-state index is 12.9. The Balaban J connectivity index is 1.82. The topological polar surface area (TPSA) is 39.3 Å². The number of nitrogens with one attached hydrogen (secondary N) is 1. The zero-order valence-electron chi connectivity index (χ0n) is 15.0. The molecule has 2 heterocycles. The number of amides is 1. The zero-order valence-corrected chi connectivity index (χ0v) is 16.6. The highest BCUT2D eigenvalue weighted by atomic mass is 79.9. The van der Waals surface area contributed by atoms with Crippen LogP contribution in [-0.2, 0) is 11.2 Å². The number of H-pyrrole nitrogens is 1. The first-order valence-corrected chi connectivity index (χ1v) is 9.83. The molecule has 25 heavy (non-hydrogen) atoms. The van der Waals surface area contributed by atoms with Crippen LogP contribution in [0.3, 0.4) is 0 Å². The monoisotopic (exact) mass is 401 g/mol. The van der Waals surface area contributed by atoms with Crippen molar-refractivity contribution in [1.82, 2.24) is 14.8 Å². The number of rotatable bonds is 3. The van der Waals surface area contributed by atoms with Crippen molar-refractivity contribution in [3.05, 3.63) is 45.6 Å². The van der Waals surface area contributed by atoms with Crippen LogP contribution < -0.4 is 0 Å². The van der Waals surface area contributed by atoms with Crippen LogP contribution in [0.15, 0.2) is 34.5 Å². The van der Waals surface area contributed by atoms with Gasteiger partial charge < -0.3 is 9.88 Å². The molecule has 0 bridgehead atoms. The van der Waals surface area contributed by atoms with Crippen molar-refractivity contribution in [2.24, 2.45) is 0 Å². The molecule has 132 valence electrons. The first-order chi connectivity index (χ1) is 12.0. The molecule has 1 amide bonds. The number of likely N-dealkylation sites (N-methyl/N-ethyl adjacent to an activating group) is 2. The Bertz CT molecular complexity index is 865. The second-order valence-corrected chi connectivity index (χ2v) is 7.86. The third-order valence-corrected chi connectivity index (χ3v) is 6.46. The van der Waals surface area contributed by atoms with Gasteiger partial charge in [-0.15, -0.1) is 0 Å². The molecule has 1 unspecified atom stereocenters. The molecule has 2 atom stereocenters. The fourth-order valence-corrected chi connectivity index (χ4v) is 5.04. The lowest BCUT2D eigenvalue weighted by Gasteiger charge is -2.41. The Labute approximate surface area is 157 Å². The number of carbonyl (C=O) groups excluding carboxylic acids is 1. The highest BCUT2D eigenvalue weighted by Crippen LogP contribution is 2.44. The van der Waals surface area contributed by atoms with Gasteiger partial charge in [0.05, 0.1) is 4.60 Å². The number of fused-ring (bicyclic) bond motifs is 2. The smallest absolute Gasteiger partial charge is 0.250 e. The Morgan fingerprint density at radius 1 is 1.36 bits per heavy atom. The summed E-state index contributed by atoms with van der Waals surface area (Å²) in [5.74, 6) is 0.454. The molecule has 0 radical (unpaired) electrons. The number of aromatic nitrogens is 1. The largest absolute Gasteiger partial charge is 0.349 e. The summed E-state index contributed by atoms with van der Waals surface area (Å²) in [6.07, 6.45) is 3.24. The quantitative estimate of drug-likeness (QED) is 0.851. The lowest BCUT2D eigenvalue weighted by atomic mass is 9.76. The van der Waals surface area contributed by atoms with E-state index in [-0.39, 0.29) is 11.8 Å². The predicted molar refractivity (Wildman–Crippen MR) is 105 cm³/mol. The van der Waals surface area contributed by atoms with Crippen LogP contribution in [0.5, 0.6) is 0 Å². The molecule has 0 spiro atoms. The van der Waals surface area contributed by atoms with Crippen molar-refractivity contribution >= 4 is 32.7 Å². The Morgan fingerprint density at radius 2 is 2.12 bits per heavy atom. The fourth-order valence-electron chi connectivity index (χ4n) is 4.47. The molecule has 1 aliphatic carbocycles. The second kappa shape index (κ2) is 6.29. The van der Waals surface area contributed by atoms with Crippen LogP contribution in [0.1, 0.15) is 30.9 Å². The van der Waals surface area contributed by atoms with E-state index in [0.717, 1.165) is 36.2 Å². The van der Waals surface area contributed by atoms with Gasteiger partial charge in [0, 0.05) is 48.1 Å². The molecule has 1 aromatic heterocycles. The van der Waals surface area contributed by atoms with Crippen molar-refractivity contribution in [3.8, 4) is 0 Å². The number of halogens is 1. The number of aromatic amines is 1. The molecule has 1 N–H and O–H groups in total. The summed E-state index contributed by atoms with van der Waals surface area (Å²) in [6, 6.07) is 6.86. The van der Waals surface area contributed by atoms with Gasteiger partial charge in [-0.3, -0.25) is 9.69 Å². The summed E-state index contributed by atoms with van der Waals surface area (Å²) >= 11 is 3.70. The highest BCUT2D eigenvalue weighted by molar-refractivity contribution is 9.10. The summed E-state index contributed by atoms with van der Waals surface area (Å²) in [7, 11) is 2.14. The predicted octanol–water partition coefficient (Wildman–Crippen LogP) is 3.68. The summed E-state index contributed by atoms with van der Waals surface area (Å²) in [5.41, 5.74) is 4.81. The van der Waals surface area contributed by atoms with Crippen molar-refractivity contribution < 1.29 is 4.79 Å². The molecule has 1 aromatic carbocycles. The number of hydrogen-bond acceptors (Lipinski definition) is 2.